The fourth-order valence-corrected chi connectivity index (χ4v) is 7.80. The summed E-state index contributed by atoms with van der Waals surface area (Å²) in [5.74, 6) is 1.10. The van der Waals surface area contributed by atoms with E-state index in [9.17, 15) is 5.26 Å². The topological polar surface area (TPSA) is 85.2 Å². The molecule has 0 aliphatic rings. The lowest BCUT2D eigenvalue weighted by Crippen LogP contribution is -2.12. The van der Waals surface area contributed by atoms with Crippen LogP contribution in [0, 0.1) is 11.3 Å². The molecule has 0 aliphatic carbocycles. The molecule has 10 heteroatoms. The molecule has 56 heavy (non-hydrogen) atoms. The summed E-state index contributed by atoms with van der Waals surface area (Å²) in [6.07, 6.45) is 1.99. The minimum Gasteiger partial charge on any atom is -0.307 e. The van der Waals surface area contributed by atoms with Gasteiger partial charge in [-0.3, -0.25) is 0 Å². The van der Waals surface area contributed by atoms with Crippen molar-refractivity contribution >= 4 is 43.6 Å². The summed E-state index contributed by atoms with van der Waals surface area (Å²) >= 11 is 0. The van der Waals surface area contributed by atoms with Crippen LogP contribution >= 0.6 is 0 Å². The first-order chi connectivity index (χ1) is 27.4. The van der Waals surface area contributed by atoms with Crippen molar-refractivity contribution in [3.8, 4) is 51.3 Å². The summed E-state index contributed by atoms with van der Waals surface area (Å²) < 4.78 is 50.4. The molecular formula is C46H26F3N7. The second-order valence-corrected chi connectivity index (χ2v) is 13.4. The largest absolute Gasteiger partial charge is 0.417 e. The molecule has 0 aliphatic heterocycles. The van der Waals surface area contributed by atoms with E-state index in [1.165, 1.54) is 12.1 Å². The van der Waals surface area contributed by atoms with E-state index in [1.807, 2.05) is 94.1 Å². The highest BCUT2D eigenvalue weighted by Crippen LogP contribution is 2.45. The van der Waals surface area contributed by atoms with Crippen LogP contribution in [0.15, 0.2) is 158 Å². The van der Waals surface area contributed by atoms with Crippen LogP contribution in [0.1, 0.15) is 11.1 Å². The molecule has 0 bridgehead atoms. The van der Waals surface area contributed by atoms with Crippen molar-refractivity contribution in [3.63, 3.8) is 0 Å². The molecular weight excluding hydrogens is 708 g/mol. The van der Waals surface area contributed by atoms with E-state index in [-0.39, 0.29) is 16.7 Å². The molecule has 10 rings (SSSR count). The Kier molecular flexibility index (Phi) is 7.50. The quantitative estimate of drug-likeness (QED) is 0.176. The van der Waals surface area contributed by atoms with E-state index in [1.54, 1.807) is 61.2 Å². The van der Waals surface area contributed by atoms with Crippen LogP contribution in [0.5, 0.6) is 0 Å². The molecule has 0 saturated heterocycles. The van der Waals surface area contributed by atoms with E-state index in [0.717, 1.165) is 49.2 Å². The lowest BCUT2D eigenvalue weighted by Gasteiger charge is -2.22. The van der Waals surface area contributed by atoms with Crippen LogP contribution in [-0.2, 0) is 6.18 Å². The molecule has 0 amide bonds. The van der Waals surface area contributed by atoms with Crippen molar-refractivity contribution < 1.29 is 13.2 Å². The summed E-state index contributed by atoms with van der Waals surface area (Å²) in [5.41, 5.74) is 5.13. The highest BCUT2D eigenvalue weighted by Gasteiger charge is 2.36. The maximum Gasteiger partial charge on any atom is 0.417 e. The van der Waals surface area contributed by atoms with Crippen LogP contribution < -0.4 is 0 Å². The maximum absolute atomic E-state index is 15.5. The van der Waals surface area contributed by atoms with Gasteiger partial charge in [-0.05, 0) is 96.1 Å². The number of benzene rings is 6. The first-order valence-corrected chi connectivity index (χ1v) is 17.7. The van der Waals surface area contributed by atoms with Crippen LogP contribution in [-0.4, -0.2) is 29.1 Å². The average molecular weight is 734 g/mol. The van der Waals surface area contributed by atoms with E-state index < -0.39 is 11.7 Å². The standard InChI is InChI=1S/C46H26F3N7/c47-46(48,49)37-26-43(56-39-13-4-2-11-33(39)36-24-31(15-17-41(36)56)45-53-20-7-21-54-45)42(25-34(37)29-9-5-8-28(22-29)27-50)55-38-12-3-1-10-32(38)35-23-30(14-16-40(35)55)44-51-18-6-19-52-44/h1-26H. The highest BCUT2D eigenvalue weighted by atomic mass is 19.4. The zero-order chi connectivity index (χ0) is 38.0. The number of nitriles is 1. The first kappa shape index (κ1) is 33.0. The summed E-state index contributed by atoms with van der Waals surface area (Å²) in [7, 11) is 0. The lowest BCUT2D eigenvalue weighted by atomic mass is 9.95. The lowest BCUT2D eigenvalue weighted by molar-refractivity contribution is -0.137. The van der Waals surface area contributed by atoms with Gasteiger partial charge in [0.15, 0.2) is 11.6 Å². The van der Waals surface area contributed by atoms with Gasteiger partial charge < -0.3 is 9.13 Å². The monoisotopic (exact) mass is 733 g/mol. The molecule has 0 fully saturated rings. The molecule has 0 unspecified atom stereocenters. The van der Waals surface area contributed by atoms with Crippen LogP contribution in [0.3, 0.4) is 0 Å². The van der Waals surface area contributed by atoms with Gasteiger partial charge in [0.2, 0.25) is 0 Å². The Bertz CT molecular complexity index is 3200. The molecule has 10 aromatic rings. The minimum absolute atomic E-state index is 0.0436. The SMILES string of the molecule is N#Cc1cccc(-c2cc(-n3c4ccccc4c4cc(-c5ncccn5)ccc43)c(-n3c4ccccc4c4cc(-c5ncccn5)ccc43)cc2C(F)(F)F)c1. The molecule has 0 atom stereocenters. The fourth-order valence-electron chi connectivity index (χ4n) is 7.80. The Morgan fingerprint density at radius 3 is 1.48 bits per heavy atom. The third-order valence-electron chi connectivity index (χ3n) is 10.2. The molecule has 0 saturated carbocycles. The van der Waals surface area contributed by atoms with Gasteiger partial charge in [-0.2, -0.15) is 18.4 Å². The molecule has 7 nitrogen and oxygen atoms in total. The van der Waals surface area contributed by atoms with Crippen LogP contribution in [0.25, 0.3) is 88.9 Å². The predicted molar refractivity (Wildman–Crippen MR) is 212 cm³/mol. The average Bonchev–Trinajstić information content (AvgIpc) is 3.75. The Morgan fingerprint density at radius 2 is 0.964 bits per heavy atom. The molecule has 0 N–H and O–H groups in total. The summed E-state index contributed by atoms with van der Waals surface area (Å²) in [6, 6.07) is 42.1. The van der Waals surface area contributed by atoms with Crippen LogP contribution in [0.4, 0.5) is 13.2 Å². The zero-order valence-electron chi connectivity index (χ0n) is 29.3. The molecule has 4 aromatic heterocycles. The van der Waals surface area contributed by atoms with Gasteiger partial charge in [0.1, 0.15) is 0 Å². The second-order valence-electron chi connectivity index (χ2n) is 13.4. The van der Waals surface area contributed by atoms with Crippen molar-refractivity contribution in [3.05, 3.63) is 169 Å². The smallest absolute Gasteiger partial charge is 0.307 e. The Labute approximate surface area is 317 Å². The van der Waals surface area contributed by atoms with E-state index >= 15 is 13.2 Å². The number of hydrogen-bond acceptors (Lipinski definition) is 5. The van der Waals surface area contributed by atoms with E-state index in [0.29, 0.717) is 28.5 Å². The van der Waals surface area contributed by atoms with Crippen LogP contribution in [0.2, 0.25) is 0 Å². The fraction of sp³-hybridized carbons (Fsp3) is 0.0217. The van der Waals surface area contributed by atoms with Gasteiger partial charge in [0, 0.05) is 57.5 Å². The van der Waals surface area contributed by atoms with Crippen molar-refractivity contribution in [1.82, 2.24) is 29.1 Å². The van der Waals surface area contributed by atoms with Gasteiger partial charge >= 0.3 is 6.18 Å². The predicted octanol–water partition coefficient (Wildman–Crippen LogP) is 11.4. The Morgan fingerprint density at radius 1 is 0.464 bits per heavy atom. The van der Waals surface area contributed by atoms with Crippen molar-refractivity contribution in [1.29, 1.82) is 5.26 Å². The summed E-state index contributed by atoms with van der Waals surface area (Å²) in [5, 5.41) is 13.2. The molecule has 4 heterocycles. The molecule has 0 radical (unpaired) electrons. The van der Waals surface area contributed by atoms with Gasteiger partial charge in [0.05, 0.1) is 50.6 Å². The van der Waals surface area contributed by atoms with Crippen molar-refractivity contribution in [2.75, 3.05) is 0 Å². The van der Waals surface area contributed by atoms with Gasteiger partial charge in [-0.25, -0.2) is 19.9 Å². The van der Waals surface area contributed by atoms with E-state index in [2.05, 4.69) is 26.0 Å². The molecule has 6 aromatic carbocycles. The number of halogens is 3. The van der Waals surface area contributed by atoms with Gasteiger partial charge in [0.25, 0.3) is 0 Å². The summed E-state index contributed by atoms with van der Waals surface area (Å²) in [4.78, 5) is 17.8. The van der Waals surface area contributed by atoms with Crippen molar-refractivity contribution in [2.45, 2.75) is 6.18 Å². The first-order valence-electron chi connectivity index (χ1n) is 17.7. The number of alkyl halides is 3. The normalized spacial score (nSPS) is 11.8. The third-order valence-corrected chi connectivity index (χ3v) is 10.2. The number of nitrogens with zero attached hydrogens (tertiary/aromatic N) is 7. The third kappa shape index (κ3) is 5.28. The number of rotatable bonds is 5. The van der Waals surface area contributed by atoms with Crippen molar-refractivity contribution in [2.24, 2.45) is 0 Å². The van der Waals surface area contributed by atoms with E-state index in [4.69, 9.17) is 0 Å². The number of aromatic nitrogens is 6. The Balaban J connectivity index is 1.35. The highest BCUT2D eigenvalue weighted by molar-refractivity contribution is 6.13. The van der Waals surface area contributed by atoms with Gasteiger partial charge in [-0.1, -0.05) is 48.5 Å². The number of hydrogen-bond donors (Lipinski definition) is 0. The second kappa shape index (κ2) is 12.7. The number of fused-ring (bicyclic) bond motifs is 6. The molecule has 0 spiro atoms. The molecule has 266 valence electrons. The maximum atomic E-state index is 15.5. The van der Waals surface area contributed by atoms with Gasteiger partial charge in [-0.15, -0.1) is 0 Å². The minimum atomic E-state index is -4.74. The Hall–Kier alpha value is -7.64. The number of para-hydroxylation sites is 2. The zero-order valence-corrected chi connectivity index (χ0v) is 29.3. The summed E-state index contributed by atoms with van der Waals surface area (Å²) in [6.45, 7) is 0.